The van der Waals surface area contributed by atoms with Crippen molar-refractivity contribution < 1.29 is 9.47 Å². The van der Waals surface area contributed by atoms with Crippen molar-refractivity contribution in [2.45, 2.75) is 32.2 Å². The minimum absolute atomic E-state index is 0.138. The highest BCUT2D eigenvalue weighted by Gasteiger charge is 2.09. The molecule has 4 nitrogen and oxygen atoms in total. The Kier molecular flexibility index (Phi) is 8.41. The molecule has 0 aliphatic carbocycles. The van der Waals surface area contributed by atoms with Crippen molar-refractivity contribution in [1.29, 1.82) is 0 Å². The molecule has 0 saturated heterocycles. The van der Waals surface area contributed by atoms with Crippen LogP contribution in [-0.2, 0) is 15.9 Å². The van der Waals surface area contributed by atoms with Gasteiger partial charge in [-0.2, -0.15) is 0 Å². The molecule has 1 aromatic carbocycles. The fraction of sp³-hybridized carbons (Fsp3) is 0.600. The third kappa shape index (κ3) is 6.16. The van der Waals surface area contributed by atoms with E-state index in [0.717, 1.165) is 19.3 Å². The highest BCUT2D eigenvalue weighted by molar-refractivity contribution is 5.26. The molecule has 0 bridgehead atoms. The molecular weight excluding hydrogens is 240 g/mol. The largest absolute Gasteiger partial charge is 0.382 e. The predicted molar refractivity (Wildman–Crippen MR) is 77.8 cm³/mol. The second-order valence-electron chi connectivity index (χ2n) is 4.61. The molecule has 0 aliphatic heterocycles. The van der Waals surface area contributed by atoms with E-state index >= 15 is 0 Å². The van der Waals surface area contributed by atoms with Gasteiger partial charge in [0.2, 0.25) is 0 Å². The van der Waals surface area contributed by atoms with Crippen LogP contribution in [0.3, 0.4) is 0 Å². The Morgan fingerprint density at radius 2 is 2.11 bits per heavy atom. The highest BCUT2D eigenvalue weighted by Crippen LogP contribution is 2.18. The monoisotopic (exact) mass is 266 g/mol. The lowest BCUT2D eigenvalue weighted by Crippen LogP contribution is -2.29. The lowest BCUT2D eigenvalue weighted by Gasteiger charge is -2.17. The quantitative estimate of drug-likeness (QED) is 0.387. The number of benzene rings is 1. The minimum atomic E-state index is 0.138. The predicted octanol–water partition coefficient (Wildman–Crippen LogP) is 2.20. The molecule has 19 heavy (non-hydrogen) atoms. The van der Waals surface area contributed by atoms with E-state index in [0.29, 0.717) is 19.8 Å². The molecule has 0 heterocycles. The van der Waals surface area contributed by atoms with Gasteiger partial charge in [0, 0.05) is 19.8 Å². The number of ether oxygens (including phenoxy) is 2. The van der Waals surface area contributed by atoms with Gasteiger partial charge in [0.1, 0.15) is 0 Å². The highest BCUT2D eigenvalue weighted by atomic mass is 16.5. The maximum atomic E-state index is 5.64. The number of hydrogen-bond donors (Lipinski definition) is 2. The Bertz CT molecular complexity index is 345. The van der Waals surface area contributed by atoms with E-state index in [4.69, 9.17) is 15.3 Å². The van der Waals surface area contributed by atoms with Crippen LogP contribution in [0.2, 0.25) is 0 Å². The summed E-state index contributed by atoms with van der Waals surface area (Å²) in [5, 5.41) is 0. The maximum absolute atomic E-state index is 5.64. The molecule has 0 radical (unpaired) electrons. The Morgan fingerprint density at radius 3 is 2.79 bits per heavy atom. The van der Waals surface area contributed by atoms with Crippen LogP contribution < -0.4 is 11.3 Å². The van der Waals surface area contributed by atoms with Crippen LogP contribution in [0.1, 0.15) is 36.9 Å². The number of nitrogens with one attached hydrogen (secondary N) is 1. The van der Waals surface area contributed by atoms with E-state index in [-0.39, 0.29) is 6.04 Å². The summed E-state index contributed by atoms with van der Waals surface area (Å²) >= 11 is 0. The fourth-order valence-electron chi connectivity index (χ4n) is 2.05. The number of hydrazine groups is 1. The Balaban J connectivity index is 2.46. The Hall–Kier alpha value is -0.940. The first kappa shape index (κ1) is 16.1. The van der Waals surface area contributed by atoms with Crippen molar-refractivity contribution in [3.05, 3.63) is 35.4 Å². The van der Waals surface area contributed by atoms with Gasteiger partial charge >= 0.3 is 0 Å². The van der Waals surface area contributed by atoms with Crippen LogP contribution in [0.15, 0.2) is 24.3 Å². The van der Waals surface area contributed by atoms with Crippen molar-refractivity contribution in [3.8, 4) is 0 Å². The molecule has 0 saturated carbocycles. The lowest BCUT2D eigenvalue weighted by molar-refractivity contribution is 0.0657. The Labute approximate surface area is 116 Å². The smallest absolute Gasteiger partial charge is 0.0700 e. The molecule has 0 spiro atoms. The van der Waals surface area contributed by atoms with E-state index < -0.39 is 0 Å². The first-order chi connectivity index (χ1) is 9.31. The lowest BCUT2D eigenvalue weighted by atomic mass is 10.0. The van der Waals surface area contributed by atoms with Crippen molar-refractivity contribution >= 4 is 0 Å². The van der Waals surface area contributed by atoms with E-state index in [1.165, 1.54) is 11.1 Å². The summed E-state index contributed by atoms with van der Waals surface area (Å²) in [4.78, 5) is 0. The number of hydrogen-bond acceptors (Lipinski definition) is 4. The summed E-state index contributed by atoms with van der Waals surface area (Å²) in [7, 11) is 1.67. The number of aryl methyl sites for hydroxylation is 1. The van der Waals surface area contributed by atoms with Crippen LogP contribution in [0.4, 0.5) is 0 Å². The third-order valence-corrected chi connectivity index (χ3v) is 3.08. The summed E-state index contributed by atoms with van der Waals surface area (Å²) < 4.78 is 10.4. The molecule has 0 aromatic heterocycles. The van der Waals surface area contributed by atoms with Crippen LogP contribution >= 0.6 is 0 Å². The first-order valence-corrected chi connectivity index (χ1v) is 6.93. The molecule has 0 fully saturated rings. The van der Waals surface area contributed by atoms with E-state index in [2.05, 4.69) is 36.6 Å². The average Bonchev–Trinajstić information content (AvgIpc) is 2.43. The van der Waals surface area contributed by atoms with Gasteiger partial charge in [-0.3, -0.25) is 11.3 Å². The summed E-state index contributed by atoms with van der Waals surface area (Å²) in [6.07, 6.45) is 3.12. The van der Waals surface area contributed by atoms with Crippen molar-refractivity contribution in [2.75, 3.05) is 26.9 Å². The molecule has 1 unspecified atom stereocenters. The average molecular weight is 266 g/mol. The number of methoxy groups -OCH3 is 1. The zero-order valence-corrected chi connectivity index (χ0v) is 12.0. The van der Waals surface area contributed by atoms with Gasteiger partial charge in [0.25, 0.3) is 0 Å². The van der Waals surface area contributed by atoms with Gasteiger partial charge in [-0.25, -0.2) is 0 Å². The molecule has 0 amide bonds. The van der Waals surface area contributed by atoms with Crippen molar-refractivity contribution in [2.24, 2.45) is 5.84 Å². The standard InChI is InChI=1S/C15H26N2O2/c1-3-5-13-6-4-7-14(12-13)15(17-16)8-9-19-11-10-18-2/h4,6-7,12,15,17H,3,5,8-11,16H2,1-2H3. The maximum Gasteiger partial charge on any atom is 0.0700 e. The van der Waals surface area contributed by atoms with Crippen molar-refractivity contribution in [1.82, 2.24) is 5.43 Å². The van der Waals surface area contributed by atoms with E-state index in [1.54, 1.807) is 7.11 Å². The molecule has 1 atom stereocenters. The van der Waals surface area contributed by atoms with Crippen LogP contribution in [-0.4, -0.2) is 26.9 Å². The van der Waals surface area contributed by atoms with Gasteiger partial charge in [0.05, 0.1) is 13.2 Å². The molecule has 1 aromatic rings. The molecule has 0 aliphatic rings. The normalized spacial score (nSPS) is 12.6. The molecule has 1 rings (SSSR count). The second-order valence-corrected chi connectivity index (χ2v) is 4.61. The molecule has 108 valence electrons. The van der Waals surface area contributed by atoms with Crippen LogP contribution in [0, 0.1) is 0 Å². The summed E-state index contributed by atoms with van der Waals surface area (Å²) in [6.45, 7) is 4.13. The fourth-order valence-corrected chi connectivity index (χ4v) is 2.05. The number of rotatable bonds is 10. The van der Waals surface area contributed by atoms with Gasteiger partial charge < -0.3 is 9.47 Å². The first-order valence-electron chi connectivity index (χ1n) is 6.93. The minimum Gasteiger partial charge on any atom is -0.382 e. The number of nitrogens with two attached hydrogens (primary N) is 1. The zero-order chi connectivity index (χ0) is 13.9. The van der Waals surface area contributed by atoms with Gasteiger partial charge in [-0.05, 0) is 24.0 Å². The van der Waals surface area contributed by atoms with Gasteiger partial charge in [0.15, 0.2) is 0 Å². The molecular formula is C15H26N2O2. The zero-order valence-electron chi connectivity index (χ0n) is 12.0. The summed E-state index contributed by atoms with van der Waals surface area (Å²) in [5.74, 6) is 5.64. The third-order valence-electron chi connectivity index (χ3n) is 3.08. The van der Waals surface area contributed by atoms with Crippen LogP contribution in [0.25, 0.3) is 0 Å². The van der Waals surface area contributed by atoms with E-state index in [9.17, 15) is 0 Å². The van der Waals surface area contributed by atoms with Gasteiger partial charge in [-0.1, -0.05) is 37.6 Å². The molecule has 4 heteroatoms. The molecule has 3 N–H and O–H groups in total. The van der Waals surface area contributed by atoms with Crippen LogP contribution in [0.5, 0.6) is 0 Å². The second kappa shape index (κ2) is 9.92. The summed E-state index contributed by atoms with van der Waals surface area (Å²) in [5.41, 5.74) is 5.45. The van der Waals surface area contributed by atoms with Crippen molar-refractivity contribution in [3.63, 3.8) is 0 Å². The SMILES string of the molecule is CCCc1cccc(C(CCOCCOC)NN)c1. The Morgan fingerprint density at radius 1 is 1.26 bits per heavy atom. The van der Waals surface area contributed by atoms with Gasteiger partial charge in [-0.15, -0.1) is 0 Å². The summed E-state index contributed by atoms with van der Waals surface area (Å²) in [6, 6.07) is 8.73. The topological polar surface area (TPSA) is 56.5 Å². The van der Waals surface area contributed by atoms with E-state index in [1.807, 2.05) is 0 Å².